The van der Waals surface area contributed by atoms with E-state index in [1.807, 2.05) is 6.92 Å². The number of carbonyl (C=O) groups excluding carboxylic acids is 1. The number of carbonyl (C=O) groups is 1. The van der Waals surface area contributed by atoms with E-state index in [0.717, 1.165) is 5.92 Å². The van der Waals surface area contributed by atoms with E-state index in [4.69, 9.17) is 5.73 Å². The molecule has 82 valence electrons. The number of nitrogens with two attached hydrogens (primary N) is 1. The summed E-state index contributed by atoms with van der Waals surface area (Å²) in [6, 6.07) is 0.802. The molecule has 3 unspecified atom stereocenters. The zero-order valence-corrected chi connectivity index (χ0v) is 9.25. The van der Waals surface area contributed by atoms with Crippen molar-refractivity contribution in [2.75, 3.05) is 0 Å². The molecule has 0 aromatic rings. The Balaban J connectivity index is 2.30. The molecule has 1 fully saturated rings. The monoisotopic (exact) mass is 198 g/mol. The Kier molecular flexibility index (Phi) is 4.39. The molecule has 1 aliphatic carbocycles. The topological polar surface area (TPSA) is 55.1 Å². The molecular weight excluding hydrogens is 176 g/mol. The van der Waals surface area contributed by atoms with Gasteiger partial charge in [-0.15, -0.1) is 0 Å². The molecule has 1 saturated carbocycles. The molecule has 1 amide bonds. The predicted octanol–water partition coefficient (Wildman–Crippen LogP) is 1.42. The van der Waals surface area contributed by atoms with Gasteiger partial charge in [-0.1, -0.05) is 19.8 Å². The lowest BCUT2D eigenvalue weighted by Crippen LogP contribution is -2.43. The molecule has 1 aliphatic rings. The molecule has 0 bridgehead atoms. The third-order valence-electron chi connectivity index (χ3n) is 3.12. The minimum Gasteiger partial charge on any atom is -0.370 e. The van der Waals surface area contributed by atoms with Crippen LogP contribution in [0.25, 0.3) is 0 Å². The second-order valence-corrected chi connectivity index (χ2v) is 4.61. The fourth-order valence-electron chi connectivity index (χ4n) is 2.29. The highest BCUT2D eigenvalue weighted by Crippen LogP contribution is 2.24. The molecule has 3 atom stereocenters. The molecule has 3 heteroatoms. The van der Waals surface area contributed by atoms with Crippen LogP contribution in [0.15, 0.2) is 0 Å². The molecule has 0 radical (unpaired) electrons. The highest BCUT2D eigenvalue weighted by atomic mass is 16.1. The number of amides is 1. The third kappa shape index (κ3) is 3.66. The lowest BCUT2D eigenvalue weighted by Gasteiger charge is -2.31. The summed E-state index contributed by atoms with van der Waals surface area (Å²) in [6.07, 6.45) is 5.66. The average Bonchev–Trinajstić information content (AvgIpc) is 2.07. The summed E-state index contributed by atoms with van der Waals surface area (Å²) in [4.78, 5) is 10.7. The molecule has 0 aromatic carbocycles. The molecule has 0 aliphatic heterocycles. The smallest absolute Gasteiger partial charge is 0.218 e. The molecule has 1 rings (SSSR count). The van der Waals surface area contributed by atoms with Crippen molar-refractivity contribution in [1.82, 2.24) is 5.32 Å². The first-order valence-corrected chi connectivity index (χ1v) is 5.64. The highest BCUT2D eigenvalue weighted by molar-refractivity contribution is 5.74. The number of hydrogen-bond acceptors (Lipinski definition) is 2. The summed E-state index contributed by atoms with van der Waals surface area (Å²) < 4.78 is 0. The zero-order valence-electron chi connectivity index (χ0n) is 9.25. The summed E-state index contributed by atoms with van der Waals surface area (Å²) in [5.41, 5.74) is 5.15. The first-order chi connectivity index (χ1) is 6.59. The number of primary amides is 1. The third-order valence-corrected chi connectivity index (χ3v) is 3.12. The fraction of sp³-hybridized carbons (Fsp3) is 0.909. The summed E-state index contributed by atoms with van der Waals surface area (Å²) in [7, 11) is 0. The van der Waals surface area contributed by atoms with Gasteiger partial charge in [-0.05, 0) is 25.7 Å². The molecule has 0 aromatic heterocycles. The van der Waals surface area contributed by atoms with Gasteiger partial charge in [-0.25, -0.2) is 0 Å². The minimum atomic E-state index is -0.214. The molecule has 0 spiro atoms. The van der Waals surface area contributed by atoms with Crippen LogP contribution in [0.4, 0.5) is 0 Å². The Morgan fingerprint density at radius 3 is 2.71 bits per heavy atom. The van der Waals surface area contributed by atoms with E-state index in [0.29, 0.717) is 12.5 Å². The molecule has 0 heterocycles. The van der Waals surface area contributed by atoms with Gasteiger partial charge in [0.2, 0.25) is 5.91 Å². The van der Waals surface area contributed by atoms with Crippen molar-refractivity contribution in [2.24, 2.45) is 11.7 Å². The van der Waals surface area contributed by atoms with Crippen LogP contribution in [-0.4, -0.2) is 18.0 Å². The summed E-state index contributed by atoms with van der Waals surface area (Å²) >= 11 is 0. The largest absolute Gasteiger partial charge is 0.370 e. The van der Waals surface area contributed by atoms with Crippen LogP contribution in [0.1, 0.15) is 46.0 Å². The molecule has 3 nitrogen and oxygen atoms in total. The van der Waals surface area contributed by atoms with Gasteiger partial charge in [0, 0.05) is 18.5 Å². The second kappa shape index (κ2) is 5.35. The van der Waals surface area contributed by atoms with Crippen LogP contribution < -0.4 is 11.1 Å². The van der Waals surface area contributed by atoms with Gasteiger partial charge in [0.25, 0.3) is 0 Å². The zero-order chi connectivity index (χ0) is 10.6. The van der Waals surface area contributed by atoms with Crippen molar-refractivity contribution in [3.8, 4) is 0 Å². The quantitative estimate of drug-likeness (QED) is 0.717. The van der Waals surface area contributed by atoms with Crippen LogP contribution in [0.3, 0.4) is 0 Å². The van der Waals surface area contributed by atoms with Gasteiger partial charge in [0.15, 0.2) is 0 Å². The lowest BCUT2D eigenvalue weighted by molar-refractivity contribution is -0.118. The highest BCUT2D eigenvalue weighted by Gasteiger charge is 2.22. The van der Waals surface area contributed by atoms with E-state index in [1.165, 1.54) is 25.7 Å². The van der Waals surface area contributed by atoms with Crippen molar-refractivity contribution >= 4 is 5.91 Å². The predicted molar refractivity (Wildman–Crippen MR) is 57.8 cm³/mol. The van der Waals surface area contributed by atoms with Crippen molar-refractivity contribution in [1.29, 1.82) is 0 Å². The summed E-state index contributed by atoms with van der Waals surface area (Å²) in [5.74, 6) is 0.521. The first kappa shape index (κ1) is 11.5. The van der Waals surface area contributed by atoms with E-state index in [1.54, 1.807) is 0 Å². The summed E-state index contributed by atoms with van der Waals surface area (Å²) in [6.45, 7) is 4.32. The van der Waals surface area contributed by atoms with E-state index in [9.17, 15) is 4.79 Å². The second-order valence-electron chi connectivity index (χ2n) is 4.61. The minimum absolute atomic E-state index is 0.214. The Hall–Kier alpha value is -0.570. The van der Waals surface area contributed by atoms with Crippen LogP contribution in [0, 0.1) is 5.92 Å². The lowest BCUT2D eigenvalue weighted by atomic mass is 9.85. The van der Waals surface area contributed by atoms with Crippen molar-refractivity contribution in [3.05, 3.63) is 0 Å². The first-order valence-electron chi connectivity index (χ1n) is 5.64. The Labute approximate surface area is 86.4 Å². The Bertz CT molecular complexity index is 194. The van der Waals surface area contributed by atoms with Crippen LogP contribution in [0.5, 0.6) is 0 Å². The summed E-state index contributed by atoms with van der Waals surface area (Å²) in [5, 5.41) is 3.50. The average molecular weight is 198 g/mol. The standard InChI is InChI=1S/C11H22N2O/c1-8-5-3-4-6-10(8)13-9(2)7-11(12)14/h8-10,13H,3-7H2,1-2H3,(H2,12,14). The Morgan fingerprint density at radius 2 is 2.14 bits per heavy atom. The number of rotatable bonds is 4. The van der Waals surface area contributed by atoms with Crippen molar-refractivity contribution in [3.63, 3.8) is 0 Å². The SMILES string of the molecule is CC(CC(N)=O)NC1CCCCC1C. The maximum atomic E-state index is 10.7. The molecule has 14 heavy (non-hydrogen) atoms. The molecular formula is C11H22N2O. The molecule has 3 N–H and O–H groups in total. The van der Waals surface area contributed by atoms with E-state index in [-0.39, 0.29) is 11.9 Å². The van der Waals surface area contributed by atoms with E-state index < -0.39 is 0 Å². The normalized spacial score (nSPS) is 29.9. The van der Waals surface area contributed by atoms with E-state index >= 15 is 0 Å². The molecule has 0 saturated heterocycles. The number of nitrogens with one attached hydrogen (secondary N) is 1. The van der Waals surface area contributed by atoms with Gasteiger partial charge in [-0.2, -0.15) is 0 Å². The van der Waals surface area contributed by atoms with Gasteiger partial charge >= 0.3 is 0 Å². The van der Waals surface area contributed by atoms with Crippen molar-refractivity contribution in [2.45, 2.75) is 58.0 Å². The Morgan fingerprint density at radius 1 is 1.50 bits per heavy atom. The number of hydrogen-bond donors (Lipinski definition) is 2. The van der Waals surface area contributed by atoms with Gasteiger partial charge in [0.05, 0.1) is 0 Å². The van der Waals surface area contributed by atoms with Gasteiger partial charge < -0.3 is 11.1 Å². The maximum absolute atomic E-state index is 10.7. The fourth-order valence-corrected chi connectivity index (χ4v) is 2.29. The van der Waals surface area contributed by atoms with Crippen LogP contribution in [-0.2, 0) is 4.79 Å². The van der Waals surface area contributed by atoms with Gasteiger partial charge in [-0.3, -0.25) is 4.79 Å². The van der Waals surface area contributed by atoms with Gasteiger partial charge in [0.1, 0.15) is 0 Å². The van der Waals surface area contributed by atoms with E-state index in [2.05, 4.69) is 12.2 Å². The van der Waals surface area contributed by atoms with Crippen LogP contribution >= 0.6 is 0 Å². The van der Waals surface area contributed by atoms with Crippen LogP contribution in [0.2, 0.25) is 0 Å². The van der Waals surface area contributed by atoms with Crippen molar-refractivity contribution < 1.29 is 4.79 Å². The maximum Gasteiger partial charge on any atom is 0.218 e.